The minimum Gasteiger partial charge on any atom is -0.327 e. The lowest BCUT2D eigenvalue weighted by Crippen LogP contribution is -2.21. The number of aryl methyl sites for hydroxylation is 2. The number of aromatic nitrogens is 3. The molecule has 6 nitrogen and oxygen atoms in total. The number of hydrogen-bond donors (Lipinski definition) is 2. The Morgan fingerprint density at radius 3 is 2.64 bits per heavy atom. The molecule has 3 aromatic rings. The predicted molar refractivity (Wildman–Crippen MR) is 98.9 cm³/mol. The van der Waals surface area contributed by atoms with Gasteiger partial charge in [-0.05, 0) is 38.3 Å². The van der Waals surface area contributed by atoms with Gasteiger partial charge in [-0.3, -0.25) is 9.59 Å². The van der Waals surface area contributed by atoms with Crippen LogP contribution in [0.5, 0.6) is 0 Å². The van der Waals surface area contributed by atoms with Crippen LogP contribution in [0.4, 0.5) is 18.9 Å². The summed E-state index contributed by atoms with van der Waals surface area (Å²) in [7, 11) is 0. The van der Waals surface area contributed by atoms with Gasteiger partial charge in [-0.25, -0.2) is 9.97 Å². The molecule has 1 saturated carbocycles. The van der Waals surface area contributed by atoms with Crippen LogP contribution >= 0.6 is 11.3 Å². The molecule has 2 N–H and O–H groups in total. The quantitative estimate of drug-likeness (QED) is 0.682. The van der Waals surface area contributed by atoms with Crippen LogP contribution in [0, 0.1) is 13.8 Å². The van der Waals surface area contributed by atoms with Gasteiger partial charge in [0.15, 0.2) is 0 Å². The van der Waals surface area contributed by atoms with Crippen molar-refractivity contribution in [1.82, 2.24) is 15.0 Å². The number of carbonyl (C=O) groups excluding carboxylic acids is 1. The highest BCUT2D eigenvalue weighted by Crippen LogP contribution is 2.40. The number of nitrogens with one attached hydrogen (secondary N) is 2. The number of halogens is 3. The number of fused-ring (bicyclic) bond motifs is 1. The lowest BCUT2D eigenvalue weighted by molar-refractivity contribution is -0.137. The molecule has 0 aromatic carbocycles. The summed E-state index contributed by atoms with van der Waals surface area (Å²) in [6.45, 7) is 3.58. The Kier molecular flexibility index (Phi) is 4.25. The third-order valence-corrected chi connectivity index (χ3v) is 5.80. The van der Waals surface area contributed by atoms with Gasteiger partial charge in [0.05, 0.1) is 16.1 Å². The molecule has 28 heavy (non-hydrogen) atoms. The number of anilines is 1. The normalized spacial score (nSPS) is 14.5. The Morgan fingerprint density at radius 1 is 1.29 bits per heavy atom. The van der Waals surface area contributed by atoms with Crippen LogP contribution in [0.3, 0.4) is 0 Å². The van der Waals surface area contributed by atoms with Crippen LogP contribution in [0.2, 0.25) is 0 Å². The average Bonchev–Trinajstić information content (AvgIpc) is 3.40. The lowest BCUT2D eigenvalue weighted by Gasteiger charge is -2.09. The third kappa shape index (κ3) is 3.28. The zero-order chi connectivity index (χ0) is 20.2. The van der Waals surface area contributed by atoms with E-state index < -0.39 is 28.9 Å². The SMILES string of the molecule is Cc1nc(C2CC2)nc2sc(C(=O)Nc3cc(C(F)(F)F)c[nH]c3=O)c(C)c12. The van der Waals surface area contributed by atoms with Crippen LogP contribution in [-0.2, 0) is 6.18 Å². The second-order valence-electron chi connectivity index (χ2n) is 6.76. The van der Waals surface area contributed by atoms with Crippen molar-refractivity contribution in [3.8, 4) is 0 Å². The van der Waals surface area contributed by atoms with Crippen molar-refractivity contribution in [2.24, 2.45) is 0 Å². The number of carbonyl (C=O) groups is 1. The van der Waals surface area contributed by atoms with E-state index in [0.717, 1.165) is 41.1 Å². The molecule has 3 heterocycles. The van der Waals surface area contributed by atoms with Crippen molar-refractivity contribution in [2.75, 3.05) is 5.32 Å². The van der Waals surface area contributed by atoms with Crippen molar-refractivity contribution in [3.05, 3.63) is 50.1 Å². The summed E-state index contributed by atoms with van der Waals surface area (Å²) in [6, 6.07) is 0.621. The summed E-state index contributed by atoms with van der Waals surface area (Å²) in [5, 5.41) is 3.05. The van der Waals surface area contributed by atoms with E-state index in [0.29, 0.717) is 28.6 Å². The standard InChI is InChI=1S/C18H15F3N4O2S/c1-7-12-8(2)23-14(9-3-4-9)25-17(12)28-13(7)16(27)24-11-5-10(18(19,20)21)6-22-15(11)26/h5-6,9H,3-4H2,1-2H3,(H,22,26)(H,24,27). The van der Waals surface area contributed by atoms with Gasteiger partial charge in [-0.1, -0.05) is 0 Å². The highest BCUT2D eigenvalue weighted by atomic mass is 32.1. The van der Waals surface area contributed by atoms with Gasteiger partial charge in [0.25, 0.3) is 11.5 Å². The highest BCUT2D eigenvalue weighted by molar-refractivity contribution is 7.20. The van der Waals surface area contributed by atoms with Crippen LogP contribution in [0.25, 0.3) is 10.2 Å². The largest absolute Gasteiger partial charge is 0.417 e. The van der Waals surface area contributed by atoms with E-state index in [1.807, 2.05) is 11.9 Å². The second kappa shape index (κ2) is 6.40. The molecule has 1 amide bonds. The first kappa shape index (κ1) is 18.6. The number of aromatic amines is 1. The topological polar surface area (TPSA) is 87.7 Å². The van der Waals surface area contributed by atoms with Gasteiger partial charge in [-0.2, -0.15) is 13.2 Å². The Morgan fingerprint density at radius 2 is 2.00 bits per heavy atom. The zero-order valence-electron chi connectivity index (χ0n) is 14.9. The Hall–Kier alpha value is -2.75. The number of alkyl halides is 3. The van der Waals surface area contributed by atoms with Crippen LogP contribution in [-0.4, -0.2) is 20.9 Å². The molecule has 0 unspecified atom stereocenters. The van der Waals surface area contributed by atoms with Crippen molar-refractivity contribution in [2.45, 2.75) is 38.8 Å². The maximum absolute atomic E-state index is 12.9. The van der Waals surface area contributed by atoms with E-state index in [9.17, 15) is 22.8 Å². The first-order valence-electron chi connectivity index (χ1n) is 8.54. The first-order chi connectivity index (χ1) is 13.1. The molecule has 0 bridgehead atoms. The Balaban J connectivity index is 1.71. The molecule has 3 aromatic heterocycles. The first-order valence-corrected chi connectivity index (χ1v) is 9.35. The highest BCUT2D eigenvalue weighted by Gasteiger charge is 2.32. The summed E-state index contributed by atoms with van der Waals surface area (Å²) in [5.41, 5.74) is -0.922. The summed E-state index contributed by atoms with van der Waals surface area (Å²) in [6.07, 6.45) is -1.98. The summed E-state index contributed by atoms with van der Waals surface area (Å²) in [5.74, 6) is 0.455. The monoisotopic (exact) mass is 408 g/mol. The van der Waals surface area contributed by atoms with E-state index in [2.05, 4.69) is 15.3 Å². The number of nitrogens with zero attached hydrogens (tertiary/aromatic N) is 2. The van der Waals surface area contributed by atoms with Crippen LogP contribution in [0.1, 0.15) is 51.1 Å². The molecule has 146 valence electrons. The molecule has 1 aliphatic rings. The number of thiophene rings is 1. The second-order valence-corrected chi connectivity index (χ2v) is 7.76. The number of rotatable bonds is 3. The summed E-state index contributed by atoms with van der Waals surface area (Å²) >= 11 is 1.14. The molecule has 1 fully saturated rings. The smallest absolute Gasteiger partial charge is 0.327 e. The van der Waals surface area contributed by atoms with E-state index in [1.165, 1.54) is 0 Å². The van der Waals surface area contributed by atoms with Crippen molar-refractivity contribution in [1.29, 1.82) is 0 Å². The lowest BCUT2D eigenvalue weighted by atomic mass is 10.1. The van der Waals surface area contributed by atoms with Crippen LogP contribution < -0.4 is 10.9 Å². The van der Waals surface area contributed by atoms with Gasteiger partial charge < -0.3 is 10.3 Å². The van der Waals surface area contributed by atoms with Gasteiger partial charge in [0.2, 0.25) is 0 Å². The van der Waals surface area contributed by atoms with Gasteiger partial charge in [0, 0.05) is 17.5 Å². The number of hydrogen-bond acceptors (Lipinski definition) is 5. The van der Waals surface area contributed by atoms with E-state index in [-0.39, 0.29) is 4.88 Å². The minimum absolute atomic E-state index is 0.289. The molecular weight excluding hydrogens is 393 g/mol. The molecule has 0 radical (unpaired) electrons. The molecule has 0 saturated heterocycles. The Bertz CT molecular complexity index is 1160. The number of H-pyrrole nitrogens is 1. The number of amides is 1. The Labute approximate surface area is 160 Å². The fourth-order valence-corrected chi connectivity index (χ4v) is 4.15. The van der Waals surface area contributed by atoms with Gasteiger partial charge in [-0.15, -0.1) is 11.3 Å². The summed E-state index contributed by atoms with van der Waals surface area (Å²) < 4.78 is 38.6. The summed E-state index contributed by atoms with van der Waals surface area (Å²) in [4.78, 5) is 36.5. The third-order valence-electron chi connectivity index (χ3n) is 4.62. The zero-order valence-corrected chi connectivity index (χ0v) is 15.7. The fourth-order valence-electron chi connectivity index (χ4n) is 3.02. The van der Waals surface area contributed by atoms with Crippen molar-refractivity contribution in [3.63, 3.8) is 0 Å². The van der Waals surface area contributed by atoms with Gasteiger partial charge in [0.1, 0.15) is 16.3 Å². The van der Waals surface area contributed by atoms with Crippen LogP contribution in [0.15, 0.2) is 17.1 Å². The van der Waals surface area contributed by atoms with E-state index in [4.69, 9.17) is 0 Å². The fraction of sp³-hybridized carbons (Fsp3) is 0.333. The molecule has 4 rings (SSSR count). The molecule has 0 atom stereocenters. The molecule has 1 aliphatic carbocycles. The molecule has 0 spiro atoms. The maximum atomic E-state index is 12.9. The van der Waals surface area contributed by atoms with Crippen molar-refractivity contribution < 1.29 is 18.0 Å². The van der Waals surface area contributed by atoms with Crippen molar-refractivity contribution >= 4 is 33.1 Å². The maximum Gasteiger partial charge on any atom is 0.417 e. The predicted octanol–water partition coefficient (Wildman–Crippen LogP) is 4.14. The molecule has 10 heteroatoms. The van der Waals surface area contributed by atoms with E-state index >= 15 is 0 Å². The molecular formula is C18H15F3N4O2S. The average molecular weight is 408 g/mol. The minimum atomic E-state index is -4.64. The number of pyridine rings is 1. The van der Waals surface area contributed by atoms with Gasteiger partial charge >= 0.3 is 6.18 Å². The van der Waals surface area contributed by atoms with E-state index in [1.54, 1.807) is 6.92 Å². The molecule has 0 aliphatic heterocycles.